The van der Waals surface area contributed by atoms with Crippen molar-refractivity contribution in [2.75, 3.05) is 0 Å². The Labute approximate surface area is 96.7 Å². The first-order valence-corrected chi connectivity index (χ1v) is 5.11. The normalized spacial score (nSPS) is 10.7. The standard InChI is InChI=1S/C11H10ClFN2O/c1-14-4-5-15(11(14)16)7-8-2-3-9(12)10(13)6-8/h2-6H,7H2,1H3. The van der Waals surface area contributed by atoms with E-state index in [2.05, 4.69) is 0 Å². The van der Waals surface area contributed by atoms with E-state index in [1.807, 2.05) is 0 Å². The van der Waals surface area contributed by atoms with E-state index < -0.39 is 5.82 Å². The number of aryl methyl sites for hydroxylation is 1. The smallest absolute Gasteiger partial charge is 0.302 e. The number of imidazole rings is 1. The Hall–Kier alpha value is -1.55. The van der Waals surface area contributed by atoms with Gasteiger partial charge in [0, 0.05) is 19.4 Å². The van der Waals surface area contributed by atoms with Gasteiger partial charge in [0.2, 0.25) is 0 Å². The molecule has 3 nitrogen and oxygen atoms in total. The Morgan fingerprint density at radius 2 is 2.12 bits per heavy atom. The molecule has 0 saturated carbocycles. The summed E-state index contributed by atoms with van der Waals surface area (Å²) < 4.78 is 16.1. The first-order chi connectivity index (χ1) is 7.58. The molecule has 0 saturated heterocycles. The van der Waals surface area contributed by atoms with Gasteiger partial charge in [0.05, 0.1) is 11.6 Å². The second kappa shape index (κ2) is 4.14. The highest BCUT2D eigenvalue weighted by Crippen LogP contribution is 2.15. The fourth-order valence-electron chi connectivity index (χ4n) is 1.47. The van der Waals surface area contributed by atoms with Crippen LogP contribution in [0.3, 0.4) is 0 Å². The van der Waals surface area contributed by atoms with Crippen LogP contribution in [0.4, 0.5) is 4.39 Å². The molecule has 84 valence electrons. The van der Waals surface area contributed by atoms with Gasteiger partial charge in [-0.05, 0) is 17.7 Å². The molecule has 0 aliphatic heterocycles. The van der Waals surface area contributed by atoms with E-state index in [4.69, 9.17) is 11.6 Å². The highest BCUT2D eigenvalue weighted by atomic mass is 35.5. The van der Waals surface area contributed by atoms with E-state index >= 15 is 0 Å². The molecule has 0 aliphatic rings. The van der Waals surface area contributed by atoms with E-state index in [9.17, 15) is 9.18 Å². The molecule has 2 rings (SSSR count). The molecule has 0 bridgehead atoms. The van der Waals surface area contributed by atoms with Gasteiger partial charge in [-0.15, -0.1) is 0 Å². The summed E-state index contributed by atoms with van der Waals surface area (Å²) in [6, 6.07) is 4.52. The average Bonchev–Trinajstić information content (AvgIpc) is 2.55. The molecule has 0 aliphatic carbocycles. The summed E-state index contributed by atoms with van der Waals surface area (Å²) in [7, 11) is 1.67. The van der Waals surface area contributed by atoms with Gasteiger partial charge in [-0.1, -0.05) is 17.7 Å². The number of hydrogen-bond donors (Lipinski definition) is 0. The highest BCUT2D eigenvalue weighted by Gasteiger charge is 2.04. The van der Waals surface area contributed by atoms with Crippen molar-refractivity contribution in [2.24, 2.45) is 7.05 Å². The lowest BCUT2D eigenvalue weighted by atomic mass is 10.2. The van der Waals surface area contributed by atoms with E-state index in [0.717, 1.165) is 0 Å². The van der Waals surface area contributed by atoms with Crippen LogP contribution >= 0.6 is 11.6 Å². The zero-order chi connectivity index (χ0) is 11.7. The van der Waals surface area contributed by atoms with Crippen LogP contribution in [0.25, 0.3) is 0 Å². The van der Waals surface area contributed by atoms with E-state index in [1.165, 1.54) is 21.3 Å². The van der Waals surface area contributed by atoms with Crippen molar-refractivity contribution in [3.63, 3.8) is 0 Å². The monoisotopic (exact) mass is 240 g/mol. The topological polar surface area (TPSA) is 26.9 Å². The van der Waals surface area contributed by atoms with Crippen molar-refractivity contribution < 1.29 is 4.39 Å². The largest absolute Gasteiger partial charge is 0.328 e. The van der Waals surface area contributed by atoms with Gasteiger partial charge in [0.1, 0.15) is 5.82 Å². The van der Waals surface area contributed by atoms with Crippen molar-refractivity contribution in [3.05, 3.63) is 57.5 Å². The van der Waals surface area contributed by atoms with Crippen LogP contribution in [-0.4, -0.2) is 9.13 Å². The molecule has 1 aromatic carbocycles. The molecule has 0 radical (unpaired) electrons. The van der Waals surface area contributed by atoms with Crippen LogP contribution in [-0.2, 0) is 13.6 Å². The summed E-state index contributed by atoms with van der Waals surface area (Å²) in [5, 5.41) is 0.0872. The van der Waals surface area contributed by atoms with E-state index in [-0.39, 0.29) is 10.7 Å². The third-order valence-corrected chi connectivity index (χ3v) is 2.66. The maximum Gasteiger partial charge on any atom is 0.328 e. The molecule has 16 heavy (non-hydrogen) atoms. The summed E-state index contributed by atoms with van der Waals surface area (Å²) in [5.74, 6) is -0.469. The van der Waals surface area contributed by atoms with E-state index in [0.29, 0.717) is 12.1 Å². The molecule has 0 amide bonds. The second-order valence-corrected chi connectivity index (χ2v) is 3.98. The van der Waals surface area contributed by atoms with Gasteiger partial charge in [-0.2, -0.15) is 0 Å². The van der Waals surface area contributed by atoms with Gasteiger partial charge in [-0.25, -0.2) is 9.18 Å². The van der Waals surface area contributed by atoms with Gasteiger partial charge in [0.25, 0.3) is 0 Å². The summed E-state index contributed by atoms with van der Waals surface area (Å²) in [6.07, 6.45) is 3.32. The molecule has 1 heterocycles. The van der Waals surface area contributed by atoms with Crippen LogP contribution in [0.5, 0.6) is 0 Å². The minimum atomic E-state index is -0.469. The highest BCUT2D eigenvalue weighted by molar-refractivity contribution is 6.30. The Kier molecular flexibility index (Phi) is 2.83. The molecular formula is C11H10ClFN2O. The fourth-order valence-corrected chi connectivity index (χ4v) is 1.58. The average molecular weight is 241 g/mol. The molecule has 0 unspecified atom stereocenters. The van der Waals surface area contributed by atoms with Gasteiger partial charge in [0.15, 0.2) is 0 Å². The lowest BCUT2D eigenvalue weighted by Crippen LogP contribution is -2.22. The summed E-state index contributed by atoms with van der Waals surface area (Å²) in [4.78, 5) is 11.5. The predicted molar refractivity (Wildman–Crippen MR) is 60.2 cm³/mol. The number of nitrogens with zero attached hydrogens (tertiary/aromatic N) is 2. The molecule has 0 spiro atoms. The number of aromatic nitrogens is 2. The van der Waals surface area contributed by atoms with Crippen molar-refractivity contribution in [3.8, 4) is 0 Å². The van der Waals surface area contributed by atoms with Crippen molar-refractivity contribution >= 4 is 11.6 Å². The Balaban J connectivity index is 2.31. The maximum atomic E-state index is 13.2. The fraction of sp³-hybridized carbons (Fsp3) is 0.182. The number of rotatable bonds is 2. The molecule has 0 atom stereocenters. The Bertz CT molecular complexity index is 574. The third-order valence-electron chi connectivity index (χ3n) is 2.35. The summed E-state index contributed by atoms with van der Waals surface area (Å²) in [6.45, 7) is 0.341. The van der Waals surface area contributed by atoms with Crippen LogP contribution in [0, 0.1) is 5.82 Å². The molecule has 0 fully saturated rings. The zero-order valence-electron chi connectivity index (χ0n) is 8.65. The quantitative estimate of drug-likeness (QED) is 0.789. The molecular weight excluding hydrogens is 231 g/mol. The molecule has 5 heteroatoms. The van der Waals surface area contributed by atoms with Crippen molar-refractivity contribution in [1.29, 1.82) is 0 Å². The van der Waals surface area contributed by atoms with Crippen LogP contribution in [0.2, 0.25) is 5.02 Å². The second-order valence-electron chi connectivity index (χ2n) is 3.57. The first kappa shape index (κ1) is 11.0. The Morgan fingerprint density at radius 3 is 2.69 bits per heavy atom. The minimum Gasteiger partial charge on any atom is -0.302 e. The van der Waals surface area contributed by atoms with Crippen LogP contribution < -0.4 is 5.69 Å². The summed E-state index contributed by atoms with van der Waals surface area (Å²) in [5.41, 5.74) is 0.575. The third kappa shape index (κ3) is 2.02. The van der Waals surface area contributed by atoms with Crippen LogP contribution in [0.1, 0.15) is 5.56 Å². The van der Waals surface area contributed by atoms with Gasteiger partial charge >= 0.3 is 5.69 Å². The molecule has 1 aromatic heterocycles. The van der Waals surface area contributed by atoms with Crippen LogP contribution in [0.15, 0.2) is 35.4 Å². The number of halogens is 2. The lowest BCUT2D eigenvalue weighted by molar-refractivity contribution is 0.622. The SMILES string of the molecule is Cn1ccn(Cc2ccc(Cl)c(F)c2)c1=O. The maximum absolute atomic E-state index is 13.2. The van der Waals surface area contributed by atoms with Crippen molar-refractivity contribution in [2.45, 2.75) is 6.54 Å². The minimum absolute atomic E-state index is 0.0872. The van der Waals surface area contributed by atoms with Gasteiger partial charge in [-0.3, -0.25) is 4.57 Å². The lowest BCUT2D eigenvalue weighted by Gasteiger charge is -2.02. The first-order valence-electron chi connectivity index (χ1n) is 4.73. The predicted octanol–water partition coefficient (Wildman–Crippen LogP) is 2.03. The molecule has 2 aromatic rings. The van der Waals surface area contributed by atoms with Crippen molar-refractivity contribution in [1.82, 2.24) is 9.13 Å². The Morgan fingerprint density at radius 1 is 1.38 bits per heavy atom. The number of hydrogen-bond acceptors (Lipinski definition) is 1. The van der Waals surface area contributed by atoms with Gasteiger partial charge < -0.3 is 4.57 Å². The number of benzene rings is 1. The van der Waals surface area contributed by atoms with E-state index in [1.54, 1.807) is 25.5 Å². The summed E-state index contributed by atoms with van der Waals surface area (Å²) >= 11 is 5.57. The molecule has 0 N–H and O–H groups in total. The zero-order valence-corrected chi connectivity index (χ0v) is 9.41.